The lowest BCUT2D eigenvalue weighted by Gasteiger charge is -2.12. The molecule has 0 aliphatic rings. The molecule has 0 saturated heterocycles. The van der Waals surface area contributed by atoms with Crippen molar-refractivity contribution in [3.05, 3.63) is 54.0 Å². The fraction of sp³-hybridized carbons (Fsp3) is 0.438. The molecule has 0 atom stereocenters. The van der Waals surface area contributed by atoms with E-state index in [1.165, 1.54) is 6.92 Å². The molecule has 0 aromatic carbocycles. The number of nitro groups is 2. The van der Waals surface area contributed by atoms with Crippen LogP contribution in [0.4, 0.5) is 14.3 Å². The Morgan fingerprint density at radius 3 is 1.96 bits per heavy atom. The fourth-order valence-electron chi connectivity index (χ4n) is 3.15. The van der Waals surface area contributed by atoms with Crippen molar-refractivity contribution in [2.45, 2.75) is 41.5 Å². The van der Waals surface area contributed by atoms with Gasteiger partial charge in [0.15, 0.2) is 0 Å². The molecule has 0 bridgehead atoms. The maximum absolute atomic E-state index is 12.5. The van der Waals surface area contributed by atoms with E-state index in [1.807, 2.05) is 0 Å². The van der Waals surface area contributed by atoms with Gasteiger partial charge in [-0.1, -0.05) is 0 Å². The highest BCUT2D eigenvalue weighted by molar-refractivity contribution is 6.43. The number of hydrogen-bond acceptors (Lipinski definition) is 5. The number of allylic oxidation sites excluding steroid dienone is 4. The van der Waals surface area contributed by atoms with Gasteiger partial charge in [0.25, 0.3) is 11.4 Å². The first-order valence-electron chi connectivity index (χ1n) is 7.99. The molecule has 0 saturated carbocycles. The van der Waals surface area contributed by atoms with Crippen LogP contribution in [-0.2, 0) is 7.05 Å². The van der Waals surface area contributed by atoms with Crippen LogP contribution in [0.25, 0.3) is 5.57 Å². The predicted octanol–water partition coefficient (Wildman–Crippen LogP) is 4.28. The van der Waals surface area contributed by atoms with Crippen molar-refractivity contribution in [1.29, 1.82) is 0 Å². The molecular formula is C16H21BF2N4O4. The second-order valence-electron chi connectivity index (χ2n) is 6.20. The molecule has 8 nitrogen and oxygen atoms in total. The highest BCUT2D eigenvalue weighted by Gasteiger charge is 2.28. The van der Waals surface area contributed by atoms with Crippen molar-refractivity contribution < 1.29 is 18.5 Å². The molecule has 0 aliphatic carbocycles. The summed E-state index contributed by atoms with van der Waals surface area (Å²) < 4.78 is 26.7. The van der Waals surface area contributed by atoms with Gasteiger partial charge in [0.2, 0.25) is 0 Å². The first kappa shape index (κ1) is 22.2. The maximum Gasteiger partial charge on any atom is 0.692 e. The van der Waals surface area contributed by atoms with Crippen molar-refractivity contribution in [2.24, 2.45) is 12.0 Å². The molecule has 0 amide bonds. The van der Waals surface area contributed by atoms with Crippen LogP contribution in [0.2, 0.25) is 0 Å². The summed E-state index contributed by atoms with van der Waals surface area (Å²) >= 11 is 0. The third-order valence-electron chi connectivity index (χ3n) is 4.73. The average molecular weight is 382 g/mol. The molecule has 0 unspecified atom stereocenters. The van der Waals surface area contributed by atoms with E-state index in [2.05, 4.69) is 4.90 Å². The van der Waals surface area contributed by atoms with Gasteiger partial charge < -0.3 is 4.57 Å². The Balaban J connectivity index is 3.77. The molecule has 0 spiro atoms. The van der Waals surface area contributed by atoms with Crippen molar-refractivity contribution >= 4 is 24.4 Å². The molecule has 1 aromatic heterocycles. The monoisotopic (exact) mass is 382 g/mol. The van der Waals surface area contributed by atoms with Gasteiger partial charge in [-0.05, 0) is 52.7 Å². The zero-order valence-corrected chi connectivity index (χ0v) is 16.3. The van der Waals surface area contributed by atoms with E-state index in [9.17, 15) is 28.9 Å². The number of nitrogens with zero attached hydrogens (tertiary/aromatic N) is 4. The minimum Gasteiger partial charge on any atom is -0.342 e. The topological polar surface area (TPSA) is 104 Å². The largest absolute Gasteiger partial charge is 0.692 e. The lowest BCUT2D eigenvalue weighted by Crippen LogP contribution is -2.14. The number of halogens is 2. The van der Waals surface area contributed by atoms with E-state index < -0.39 is 22.9 Å². The van der Waals surface area contributed by atoms with E-state index >= 15 is 0 Å². The summed E-state index contributed by atoms with van der Waals surface area (Å²) in [5.74, 6) is 0. The number of rotatable bonds is 6. The van der Waals surface area contributed by atoms with Crippen LogP contribution >= 0.6 is 0 Å². The minimum absolute atomic E-state index is 0.0220. The molecule has 27 heavy (non-hydrogen) atoms. The van der Waals surface area contributed by atoms with E-state index in [0.29, 0.717) is 28.1 Å². The Hall–Kier alpha value is -2.85. The lowest BCUT2D eigenvalue weighted by atomic mass is 9.96. The predicted molar refractivity (Wildman–Crippen MR) is 101 cm³/mol. The molecule has 1 rings (SSSR count). The highest BCUT2D eigenvalue weighted by atomic mass is 19.2. The molecule has 1 heterocycles. The van der Waals surface area contributed by atoms with Crippen molar-refractivity contribution in [2.75, 3.05) is 0 Å². The summed E-state index contributed by atoms with van der Waals surface area (Å²) in [5, 5.41) is 22.7. The van der Waals surface area contributed by atoms with Crippen LogP contribution < -0.4 is 0 Å². The second-order valence-corrected chi connectivity index (χ2v) is 6.20. The van der Waals surface area contributed by atoms with Crippen LogP contribution in [0.5, 0.6) is 0 Å². The summed E-state index contributed by atoms with van der Waals surface area (Å²) in [6, 6.07) is 0. The smallest absolute Gasteiger partial charge is 0.342 e. The van der Waals surface area contributed by atoms with Crippen LogP contribution in [0.3, 0.4) is 0 Å². The van der Waals surface area contributed by atoms with Crippen molar-refractivity contribution in [1.82, 2.24) is 4.57 Å². The Morgan fingerprint density at radius 1 is 1.07 bits per heavy atom. The van der Waals surface area contributed by atoms with E-state index in [0.717, 1.165) is 6.92 Å². The molecule has 0 fully saturated rings. The summed E-state index contributed by atoms with van der Waals surface area (Å²) in [4.78, 5) is 24.5. The normalized spacial score (nSPS) is 13.9. The van der Waals surface area contributed by atoms with Crippen LogP contribution in [0, 0.1) is 34.1 Å². The zero-order valence-electron chi connectivity index (χ0n) is 16.3. The van der Waals surface area contributed by atoms with E-state index in [1.54, 1.807) is 39.3 Å². The van der Waals surface area contributed by atoms with Gasteiger partial charge in [0, 0.05) is 12.6 Å². The summed E-state index contributed by atoms with van der Waals surface area (Å²) in [5.41, 5.74) is 1.73. The SMILES string of the molecule is CC(=N\B(F)F)/C(=C(C)\C(C)=C(/C)c1c(C)c([N+](=O)[O-])c(C)n1C)[N+](=O)[O-]. The molecule has 11 heteroatoms. The first-order valence-corrected chi connectivity index (χ1v) is 7.99. The number of aromatic nitrogens is 1. The molecule has 1 aromatic rings. The molecule has 0 aliphatic heterocycles. The van der Waals surface area contributed by atoms with Gasteiger partial charge in [0.05, 0.1) is 32.5 Å². The summed E-state index contributed by atoms with van der Waals surface area (Å²) in [7, 11) is -1.39. The van der Waals surface area contributed by atoms with E-state index in [-0.39, 0.29) is 17.0 Å². The first-order chi connectivity index (χ1) is 12.3. The Bertz CT molecular complexity index is 901. The molecular weight excluding hydrogens is 361 g/mol. The van der Waals surface area contributed by atoms with Gasteiger partial charge in [0.1, 0.15) is 0 Å². The standard InChI is InChI=1S/C16H21BF2N4O4/c1-8(10(3)15(22(24)25)12(5)20-17(18)19)9(2)14-11(4)16(23(26)27)13(6)21(14)7/h1-7H3/b9-8+,15-10+,20-12+. The number of hydrogen-bond donors (Lipinski definition) is 0. The third-order valence-corrected chi connectivity index (χ3v) is 4.73. The average Bonchev–Trinajstić information content (AvgIpc) is 2.74. The lowest BCUT2D eigenvalue weighted by molar-refractivity contribution is -0.416. The molecule has 146 valence electrons. The van der Waals surface area contributed by atoms with Gasteiger partial charge >= 0.3 is 7.40 Å². The highest BCUT2D eigenvalue weighted by Crippen LogP contribution is 2.35. The minimum atomic E-state index is -3.06. The van der Waals surface area contributed by atoms with E-state index in [4.69, 9.17) is 0 Å². The Morgan fingerprint density at radius 2 is 1.59 bits per heavy atom. The van der Waals surface area contributed by atoms with Crippen molar-refractivity contribution in [3.8, 4) is 0 Å². The summed E-state index contributed by atoms with van der Waals surface area (Å²) in [6.45, 7) is 9.11. The zero-order chi connectivity index (χ0) is 21.2. The molecule has 0 radical (unpaired) electrons. The van der Waals surface area contributed by atoms with Gasteiger partial charge in [-0.25, -0.2) is 0 Å². The third kappa shape index (κ3) is 4.29. The van der Waals surface area contributed by atoms with Crippen LogP contribution in [-0.4, -0.2) is 27.5 Å². The van der Waals surface area contributed by atoms with Crippen molar-refractivity contribution in [3.63, 3.8) is 0 Å². The van der Waals surface area contributed by atoms with Gasteiger partial charge in [-0.15, -0.1) is 0 Å². The molecule has 0 N–H and O–H groups in total. The Labute approximate surface area is 155 Å². The Kier molecular flexibility index (Phi) is 6.77. The summed E-state index contributed by atoms with van der Waals surface area (Å²) in [6.07, 6.45) is 0. The van der Waals surface area contributed by atoms with Crippen LogP contribution in [0.1, 0.15) is 44.6 Å². The quantitative estimate of drug-likeness (QED) is 0.241. The van der Waals surface area contributed by atoms with Gasteiger partial charge in [-0.3, -0.25) is 33.8 Å². The van der Waals surface area contributed by atoms with Crippen LogP contribution in [0.15, 0.2) is 21.7 Å². The van der Waals surface area contributed by atoms with Gasteiger partial charge in [-0.2, -0.15) is 0 Å². The fourth-order valence-corrected chi connectivity index (χ4v) is 3.15. The maximum atomic E-state index is 12.5. The second kappa shape index (κ2) is 8.23.